The third kappa shape index (κ3) is 2.95. The second-order valence-electron chi connectivity index (χ2n) is 7.31. The van der Waals surface area contributed by atoms with Crippen LogP contribution in [-0.2, 0) is 13.1 Å². The summed E-state index contributed by atoms with van der Waals surface area (Å²) < 4.78 is 9.28. The molecule has 5 rings (SSSR count). The van der Waals surface area contributed by atoms with E-state index in [1.165, 1.54) is 12.7 Å². The number of amides is 1. The Labute approximate surface area is 174 Å². The summed E-state index contributed by atoms with van der Waals surface area (Å²) in [5.74, 6) is 1.18. The summed E-state index contributed by atoms with van der Waals surface area (Å²) in [6.07, 6.45) is 5.61. The van der Waals surface area contributed by atoms with Crippen molar-refractivity contribution in [3.05, 3.63) is 89.5 Å². The average molecular weight is 399 g/mol. The van der Waals surface area contributed by atoms with E-state index in [0.29, 0.717) is 24.5 Å². The van der Waals surface area contributed by atoms with Gasteiger partial charge in [-0.05, 0) is 48.9 Å². The molecule has 1 aliphatic heterocycles. The van der Waals surface area contributed by atoms with Crippen molar-refractivity contribution >= 4 is 5.91 Å². The topological polar surface area (TPSA) is 65.2 Å². The smallest absolute Gasteiger partial charge is 0.260 e. The van der Waals surface area contributed by atoms with E-state index in [-0.39, 0.29) is 5.91 Å². The maximum atomic E-state index is 13.2. The molecule has 0 N–H and O–H groups in total. The molecule has 0 radical (unpaired) electrons. The van der Waals surface area contributed by atoms with Crippen molar-refractivity contribution in [2.45, 2.75) is 20.0 Å². The molecule has 3 aromatic heterocycles. The number of hydrogen-bond acceptors (Lipinski definition) is 4. The molecule has 1 aromatic carbocycles. The third-order valence-electron chi connectivity index (χ3n) is 5.31. The minimum absolute atomic E-state index is 0.112. The first-order chi connectivity index (χ1) is 14.7. The number of pyridine rings is 1. The van der Waals surface area contributed by atoms with Crippen LogP contribution in [0.3, 0.4) is 0 Å². The average Bonchev–Trinajstić information content (AvgIpc) is 3.49. The number of benzene rings is 1. The Morgan fingerprint density at radius 3 is 2.67 bits per heavy atom. The first kappa shape index (κ1) is 18.2. The zero-order valence-corrected chi connectivity index (χ0v) is 16.8. The van der Waals surface area contributed by atoms with E-state index in [9.17, 15) is 4.79 Å². The number of nitrogens with zero attached hydrogens (tertiary/aromatic N) is 5. The first-order valence-electron chi connectivity index (χ1n) is 9.75. The summed E-state index contributed by atoms with van der Waals surface area (Å²) in [4.78, 5) is 19.1. The van der Waals surface area contributed by atoms with Crippen LogP contribution in [0.25, 0.3) is 11.5 Å². The van der Waals surface area contributed by atoms with Gasteiger partial charge in [-0.1, -0.05) is 12.1 Å². The molecule has 30 heavy (non-hydrogen) atoms. The van der Waals surface area contributed by atoms with E-state index >= 15 is 0 Å². The third-order valence-corrected chi connectivity index (χ3v) is 5.31. The lowest BCUT2D eigenvalue weighted by Gasteiger charge is -2.18. The molecule has 0 fully saturated rings. The number of carbonyl (C=O) groups is 1. The Hall–Kier alpha value is -3.87. The van der Waals surface area contributed by atoms with Crippen molar-refractivity contribution < 1.29 is 9.53 Å². The van der Waals surface area contributed by atoms with E-state index in [1.807, 2.05) is 45.9 Å². The second kappa shape index (κ2) is 7.18. The lowest BCUT2D eigenvalue weighted by molar-refractivity contribution is 0.0745. The number of fused-ring (bicyclic) bond motifs is 1. The zero-order valence-electron chi connectivity index (χ0n) is 16.8. The van der Waals surface area contributed by atoms with Gasteiger partial charge in [0.05, 0.1) is 31.6 Å². The molecule has 0 saturated carbocycles. The summed E-state index contributed by atoms with van der Waals surface area (Å²) in [5, 5.41) is 4.88. The van der Waals surface area contributed by atoms with Crippen molar-refractivity contribution in [3.63, 3.8) is 0 Å². The fraction of sp³-hybridized carbons (Fsp3) is 0.174. The quantitative estimate of drug-likeness (QED) is 0.527. The van der Waals surface area contributed by atoms with Gasteiger partial charge in [0, 0.05) is 24.2 Å². The monoisotopic (exact) mass is 399 g/mol. The van der Waals surface area contributed by atoms with Crippen molar-refractivity contribution in [2.24, 2.45) is 0 Å². The second-order valence-corrected chi connectivity index (χ2v) is 7.31. The maximum Gasteiger partial charge on any atom is 0.260 e. The van der Waals surface area contributed by atoms with Gasteiger partial charge in [-0.2, -0.15) is 5.10 Å². The SMILES string of the molecule is COc1ncccc1C(=O)N1Cc2nn(-c3cccc(C)c3)c(-n3cccc3)c2C1. The van der Waals surface area contributed by atoms with Crippen molar-refractivity contribution in [2.75, 3.05) is 7.11 Å². The highest BCUT2D eigenvalue weighted by Crippen LogP contribution is 2.32. The molecule has 0 bridgehead atoms. The molecule has 0 atom stereocenters. The lowest BCUT2D eigenvalue weighted by atomic mass is 10.2. The van der Waals surface area contributed by atoms with Gasteiger partial charge in [-0.25, -0.2) is 9.67 Å². The molecular weight excluding hydrogens is 378 g/mol. The highest BCUT2D eigenvalue weighted by molar-refractivity contribution is 5.96. The molecule has 150 valence electrons. The van der Waals surface area contributed by atoms with Gasteiger partial charge in [0.2, 0.25) is 5.88 Å². The van der Waals surface area contributed by atoms with Gasteiger partial charge in [-0.3, -0.25) is 4.79 Å². The maximum absolute atomic E-state index is 13.2. The van der Waals surface area contributed by atoms with Crippen LogP contribution in [0, 0.1) is 6.92 Å². The molecule has 7 nitrogen and oxygen atoms in total. The highest BCUT2D eigenvalue weighted by atomic mass is 16.5. The molecule has 0 spiro atoms. The van der Waals surface area contributed by atoms with Gasteiger partial charge in [0.1, 0.15) is 11.4 Å². The molecule has 7 heteroatoms. The number of rotatable bonds is 4. The van der Waals surface area contributed by atoms with E-state index in [4.69, 9.17) is 9.84 Å². The van der Waals surface area contributed by atoms with Crippen LogP contribution < -0.4 is 4.74 Å². The van der Waals surface area contributed by atoms with Crippen LogP contribution in [0.15, 0.2) is 67.1 Å². The fourth-order valence-electron chi connectivity index (χ4n) is 3.91. The highest BCUT2D eigenvalue weighted by Gasteiger charge is 2.33. The van der Waals surface area contributed by atoms with Crippen LogP contribution in [0.5, 0.6) is 5.88 Å². The van der Waals surface area contributed by atoms with Crippen LogP contribution in [0.4, 0.5) is 0 Å². The molecule has 1 aliphatic rings. The van der Waals surface area contributed by atoms with Gasteiger partial charge < -0.3 is 14.2 Å². The molecular formula is C23H21N5O2. The normalized spacial score (nSPS) is 12.8. The predicted molar refractivity (Wildman–Crippen MR) is 112 cm³/mol. The van der Waals surface area contributed by atoms with E-state index in [2.05, 4.69) is 24.0 Å². The van der Waals surface area contributed by atoms with Crippen LogP contribution in [0.2, 0.25) is 0 Å². The molecule has 0 aliphatic carbocycles. The first-order valence-corrected chi connectivity index (χ1v) is 9.75. The summed E-state index contributed by atoms with van der Waals surface area (Å²) >= 11 is 0. The standard InChI is InChI=1S/C23H21N5O2/c1-16-7-5-8-17(13-16)28-22(26-11-3-4-12-26)19-14-27(15-20(19)25-28)23(29)18-9-6-10-24-21(18)30-2/h3-13H,14-15H2,1-2H3. The molecule has 0 saturated heterocycles. The number of aromatic nitrogens is 4. The number of carbonyl (C=O) groups excluding carboxylic acids is 1. The number of aryl methyl sites for hydroxylation is 1. The van der Waals surface area contributed by atoms with Crippen molar-refractivity contribution in [1.29, 1.82) is 0 Å². The minimum Gasteiger partial charge on any atom is -0.480 e. The Bertz CT molecular complexity index is 1230. The Morgan fingerprint density at radius 1 is 1.07 bits per heavy atom. The number of methoxy groups -OCH3 is 1. The summed E-state index contributed by atoms with van der Waals surface area (Å²) in [5.41, 5.74) is 4.57. The van der Waals surface area contributed by atoms with Crippen LogP contribution in [-0.4, -0.2) is 37.2 Å². The molecule has 0 unspecified atom stereocenters. The largest absolute Gasteiger partial charge is 0.480 e. The summed E-state index contributed by atoms with van der Waals surface area (Å²) in [7, 11) is 1.52. The van der Waals surface area contributed by atoms with Gasteiger partial charge in [0.15, 0.2) is 0 Å². The molecule has 1 amide bonds. The summed E-state index contributed by atoms with van der Waals surface area (Å²) in [6, 6.07) is 15.7. The number of hydrogen-bond donors (Lipinski definition) is 0. The van der Waals surface area contributed by atoms with Crippen LogP contribution in [0.1, 0.15) is 27.2 Å². The fourth-order valence-corrected chi connectivity index (χ4v) is 3.91. The van der Waals surface area contributed by atoms with Crippen molar-refractivity contribution in [3.8, 4) is 17.4 Å². The Morgan fingerprint density at radius 2 is 1.90 bits per heavy atom. The van der Waals surface area contributed by atoms with E-state index in [0.717, 1.165) is 22.8 Å². The lowest BCUT2D eigenvalue weighted by Crippen LogP contribution is -2.27. The van der Waals surface area contributed by atoms with Crippen LogP contribution >= 0.6 is 0 Å². The molecule has 4 heterocycles. The number of ether oxygens (including phenoxy) is 1. The Balaban J connectivity index is 1.55. The van der Waals surface area contributed by atoms with Gasteiger partial charge in [0.25, 0.3) is 5.91 Å². The summed E-state index contributed by atoms with van der Waals surface area (Å²) in [6.45, 7) is 2.99. The van der Waals surface area contributed by atoms with E-state index in [1.54, 1.807) is 23.2 Å². The van der Waals surface area contributed by atoms with E-state index < -0.39 is 0 Å². The minimum atomic E-state index is -0.112. The zero-order chi connectivity index (χ0) is 20.7. The van der Waals surface area contributed by atoms with Gasteiger partial charge >= 0.3 is 0 Å². The van der Waals surface area contributed by atoms with Gasteiger partial charge in [-0.15, -0.1) is 0 Å². The predicted octanol–water partition coefficient (Wildman–Crippen LogP) is 3.53. The van der Waals surface area contributed by atoms with Crippen molar-refractivity contribution in [1.82, 2.24) is 24.2 Å². The molecule has 4 aromatic rings. The Kier molecular flexibility index (Phi) is 4.35.